The van der Waals surface area contributed by atoms with Crippen LogP contribution in [0.25, 0.3) is 0 Å². The fourth-order valence-electron chi connectivity index (χ4n) is 1.63. The Morgan fingerprint density at radius 3 is 2.59 bits per heavy atom. The van der Waals surface area contributed by atoms with Crippen LogP contribution in [0.4, 0.5) is 5.69 Å². The minimum Gasteiger partial charge on any atom is -0.366 e. The van der Waals surface area contributed by atoms with Crippen LogP contribution in [0.3, 0.4) is 0 Å². The molecule has 0 fully saturated rings. The summed E-state index contributed by atoms with van der Waals surface area (Å²) >= 11 is 0. The van der Waals surface area contributed by atoms with Gasteiger partial charge in [0.2, 0.25) is 5.91 Å². The van der Waals surface area contributed by atoms with E-state index in [-0.39, 0.29) is 11.8 Å². The van der Waals surface area contributed by atoms with Gasteiger partial charge in [-0.05, 0) is 18.6 Å². The van der Waals surface area contributed by atoms with E-state index in [2.05, 4.69) is 5.32 Å². The van der Waals surface area contributed by atoms with Gasteiger partial charge in [0.15, 0.2) is 0 Å². The summed E-state index contributed by atoms with van der Waals surface area (Å²) in [5, 5.41) is 2.74. The minimum absolute atomic E-state index is 0.0686. The van der Waals surface area contributed by atoms with Gasteiger partial charge in [0.25, 0.3) is 5.91 Å². The first-order chi connectivity index (χ1) is 8.06. The average Bonchev–Trinajstić information content (AvgIpc) is 2.29. The number of hydrogen-bond donors (Lipinski definition) is 2. The fourth-order valence-corrected chi connectivity index (χ4v) is 1.63. The zero-order valence-corrected chi connectivity index (χ0v) is 10.2. The summed E-state index contributed by atoms with van der Waals surface area (Å²) in [4.78, 5) is 23.0. The molecule has 4 nitrogen and oxygen atoms in total. The van der Waals surface area contributed by atoms with Gasteiger partial charge >= 0.3 is 0 Å². The molecule has 0 aliphatic carbocycles. The molecule has 0 radical (unpaired) electrons. The van der Waals surface area contributed by atoms with Gasteiger partial charge in [-0.15, -0.1) is 0 Å². The Bertz CT molecular complexity index is 416. The van der Waals surface area contributed by atoms with Crippen LogP contribution >= 0.6 is 0 Å². The molecule has 0 saturated heterocycles. The van der Waals surface area contributed by atoms with Crippen LogP contribution in [0.2, 0.25) is 0 Å². The van der Waals surface area contributed by atoms with Crippen molar-refractivity contribution < 1.29 is 9.59 Å². The van der Waals surface area contributed by atoms with Gasteiger partial charge in [-0.1, -0.05) is 32.4 Å². The lowest BCUT2D eigenvalue weighted by atomic mass is 10.0. The lowest BCUT2D eigenvalue weighted by Crippen LogP contribution is -2.23. The van der Waals surface area contributed by atoms with E-state index in [1.165, 1.54) is 0 Å². The molecule has 1 aromatic rings. The standard InChI is InChI=1S/C13H18N2O2/c1-3-6-9(2)13(17)15-11-8-5-4-7-10(11)12(14)16/h4-5,7-9H,3,6H2,1-2H3,(H2,14,16)(H,15,17)/t9-/m0/s1. The molecule has 1 atom stereocenters. The van der Waals surface area contributed by atoms with Gasteiger partial charge in [-0.25, -0.2) is 0 Å². The number of carbonyl (C=O) groups is 2. The van der Waals surface area contributed by atoms with Crippen LogP contribution in [0.1, 0.15) is 37.0 Å². The molecule has 1 aromatic carbocycles. The second-order valence-corrected chi connectivity index (χ2v) is 4.09. The Balaban J connectivity index is 2.81. The van der Waals surface area contributed by atoms with E-state index in [0.29, 0.717) is 11.3 Å². The summed E-state index contributed by atoms with van der Waals surface area (Å²) < 4.78 is 0. The summed E-state index contributed by atoms with van der Waals surface area (Å²) in [7, 11) is 0. The molecule has 4 heteroatoms. The highest BCUT2D eigenvalue weighted by Gasteiger charge is 2.14. The summed E-state index contributed by atoms with van der Waals surface area (Å²) in [5.41, 5.74) is 6.05. The van der Waals surface area contributed by atoms with Crippen molar-refractivity contribution in [2.45, 2.75) is 26.7 Å². The molecule has 0 aromatic heterocycles. The smallest absolute Gasteiger partial charge is 0.250 e. The number of rotatable bonds is 5. The summed E-state index contributed by atoms with van der Waals surface area (Å²) in [6, 6.07) is 6.75. The van der Waals surface area contributed by atoms with E-state index >= 15 is 0 Å². The molecule has 0 saturated carbocycles. The van der Waals surface area contributed by atoms with Gasteiger partial charge in [0, 0.05) is 5.92 Å². The Morgan fingerprint density at radius 1 is 1.35 bits per heavy atom. The zero-order chi connectivity index (χ0) is 12.8. The van der Waals surface area contributed by atoms with Crippen molar-refractivity contribution in [2.24, 2.45) is 11.7 Å². The topological polar surface area (TPSA) is 72.2 Å². The molecule has 0 aliphatic heterocycles. The Morgan fingerprint density at radius 2 is 2.00 bits per heavy atom. The van der Waals surface area contributed by atoms with Gasteiger partial charge in [0.1, 0.15) is 0 Å². The van der Waals surface area contributed by atoms with Gasteiger partial charge in [-0.3, -0.25) is 9.59 Å². The number of nitrogens with two attached hydrogens (primary N) is 1. The predicted molar refractivity (Wildman–Crippen MR) is 67.7 cm³/mol. The van der Waals surface area contributed by atoms with Crippen molar-refractivity contribution in [2.75, 3.05) is 5.32 Å². The molecule has 0 unspecified atom stereocenters. The maximum absolute atomic E-state index is 11.8. The van der Waals surface area contributed by atoms with Gasteiger partial charge < -0.3 is 11.1 Å². The largest absolute Gasteiger partial charge is 0.366 e. The van der Waals surface area contributed by atoms with Crippen molar-refractivity contribution in [3.8, 4) is 0 Å². The van der Waals surface area contributed by atoms with Crippen molar-refractivity contribution in [1.29, 1.82) is 0 Å². The second-order valence-electron chi connectivity index (χ2n) is 4.09. The Labute approximate surface area is 101 Å². The highest BCUT2D eigenvalue weighted by molar-refractivity contribution is 6.03. The number of amides is 2. The first-order valence-corrected chi connectivity index (χ1v) is 5.76. The van der Waals surface area contributed by atoms with Crippen molar-refractivity contribution in [3.63, 3.8) is 0 Å². The second kappa shape index (κ2) is 6.03. The number of benzene rings is 1. The number of carbonyl (C=O) groups excluding carboxylic acids is 2. The molecule has 92 valence electrons. The van der Waals surface area contributed by atoms with E-state index in [1.54, 1.807) is 24.3 Å². The molecule has 0 spiro atoms. The van der Waals surface area contributed by atoms with Crippen LogP contribution in [0.15, 0.2) is 24.3 Å². The third-order valence-corrected chi connectivity index (χ3v) is 2.62. The molecule has 0 bridgehead atoms. The molecule has 0 aliphatic rings. The van der Waals surface area contributed by atoms with Crippen LogP contribution in [0, 0.1) is 5.92 Å². The fraction of sp³-hybridized carbons (Fsp3) is 0.385. The minimum atomic E-state index is -0.538. The third kappa shape index (κ3) is 3.59. The Hall–Kier alpha value is -1.84. The first-order valence-electron chi connectivity index (χ1n) is 5.76. The van der Waals surface area contributed by atoms with E-state index in [4.69, 9.17) is 5.73 Å². The van der Waals surface area contributed by atoms with Crippen molar-refractivity contribution in [1.82, 2.24) is 0 Å². The Kier molecular flexibility index (Phi) is 4.69. The highest BCUT2D eigenvalue weighted by Crippen LogP contribution is 2.16. The maximum Gasteiger partial charge on any atom is 0.250 e. The van der Waals surface area contributed by atoms with E-state index in [1.807, 2.05) is 13.8 Å². The first kappa shape index (κ1) is 13.2. The normalized spacial score (nSPS) is 11.9. The van der Waals surface area contributed by atoms with Crippen LogP contribution in [0.5, 0.6) is 0 Å². The third-order valence-electron chi connectivity index (χ3n) is 2.62. The number of nitrogens with one attached hydrogen (secondary N) is 1. The number of para-hydroxylation sites is 1. The van der Waals surface area contributed by atoms with Gasteiger partial charge in [-0.2, -0.15) is 0 Å². The molecule has 2 amide bonds. The number of anilines is 1. The maximum atomic E-state index is 11.8. The summed E-state index contributed by atoms with van der Waals surface area (Å²) in [6.07, 6.45) is 1.77. The van der Waals surface area contributed by atoms with E-state index in [0.717, 1.165) is 12.8 Å². The SMILES string of the molecule is CCC[C@H](C)C(=O)Nc1ccccc1C(N)=O. The molecular formula is C13H18N2O2. The highest BCUT2D eigenvalue weighted by atomic mass is 16.2. The summed E-state index contributed by atoms with van der Waals surface area (Å²) in [6.45, 7) is 3.90. The number of primary amides is 1. The average molecular weight is 234 g/mol. The molecule has 0 heterocycles. The lowest BCUT2D eigenvalue weighted by Gasteiger charge is -2.12. The molecule has 1 rings (SSSR count). The van der Waals surface area contributed by atoms with Crippen molar-refractivity contribution in [3.05, 3.63) is 29.8 Å². The molecule has 17 heavy (non-hydrogen) atoms. The lowest BCUT2D eigenvalue weighted by molar-refractivity contribution is -0.119. The zero-order valence-electron chi connectivity index (χ0n) is 10.2. The van der Waals surface area contributed by atoms with Crippen LogP contribution < -0.4 is 11.1 Å². The monoisotopic (exact) mass is 234 g/mol. The quantitative estimate of drug-likeness (QED) is 0.819. The van der Waals surface area contributed by atoms with Crippen LogP contribution in [-0.2, 0) is 4.79 Å². The van der Waals surface area contributed by atoms with E-state index in [9.17, 15) is 9.59 Å². The molecule has 3 N–H and O–H groups in total. The summed E-state index contributed by atoms with van der Waals surface area (Å²) in [5.74, 6) is -0.689. The molecular weight excluding hydrogens is 216 g/mol. The van der Waals surface area contributed by atoms with E-state index < -0.39 is 5.91 Å². The number of hydrogen-bond acceptors (Lipinski definition) is 2. The van der Waals surface area contributed by atoms with Crippen molar-refractivity contribution >= 4 is 17.5 Å². The van der Waals surface area contributed by atoms with Gasteiger partial charge in [0.05, 0.1) is 11.3 Å². The predicted octanol–water partition coefficient (Wildman–Crippen LogP) is 2.16. The van der Waals surface area contributed by atoms with Crippen LogP contribution in [-0.4, -0.2) is 11.8 Å².